The molecule has 0 spiro atoms. The van der Waals surface area contributed by atoms with Crippen molar-refractivity contribution < 1.29 is 13.9 Å². The van der Waals surface area contributed by atoms with Gasteiger partial charge in [0.15, 0.2) is 11.9 Å². The predicted octanol–water partition coefficient (Wildman–Crippen LogP) is 3.53. The van der Waals surface area contributed by atoms with E-state index in [4.69, 9.17) is 4.74 Å². The predicted molar refractivity (Wildman–Crippen MR) is 66.9 cm³/mol. The third-order valence-electron chi connectivity index (χ3n) is 2.54. The summed E-state index contributed by atoms with van der Waals surface area (Å²) >= 11 is 0. The maximum atomic E-state index is 12.8. The number of ketones is 1. The van der Waals surface area contributed by atoms with Crippen LogP contribution in [0.25, 0.3) is 0 Å². The molecule has 0 radical (unpaired) electrons. The van der Waals surface area contributed by atoms with E-state index in [1.54, 1.807) is 0 Å². The Balaban J connectivity index is 2.22. The molecule has 0 aliphatic heterocycles. The first kappa shape index (κ1) is 12.3. The topological polar surface area (TPSA) is 26.3 Å². The first-order valence-electron chi connectivity index (χ1n) is 5.64. The number of carbonyl (C=O) groups excluding carboxylic acids is 1. The number of ether oxygens (including phenoxy) is 1. The van der Waals surface area contributed by atoms with Crippen LogP contribution in [0.3, 0.4) is 0 Å². The van der Waals surface area contributed by atoms with Crippen molar-refractivity contribution in [2.24, 2.45) is 0 Å². The Labute approximate surface area is 105 Å². The summed E-state index contributed by atoms with van der Waals surface area (Å²) in [5.74, 6) is 0.0485. The fourth-order valence-electron chi connectivity index (χ4n) is 1.66. The van der Waals surface area contributed by atoms with Crippen LogP contribution in [0.1, 0.15) is 18.6 Å². The van der Waals surface area contributed by atoms with Crippen molar-refractivity contribution in [2.75, 3.05) is 0 Å². The molecule has 0 N–H and O–H groups in total. The van der Waals surface area contributed by atoms with Crippen LogP contribution in [-0.4, -0.2) is 5.78 Å². The van der Waals surface area contributed by atoms with E-state index < -0.39 is 6.10 Å². The Bertz CT molecular complexity index is 520. The molecule has 3 heteroatoms. The van der Waals surface area contributed by atoms with Crippen LogP contribution in [0.4, 0.5) is 4.39 Å². The van der Waals surface area contributed by atoms with Crippen LogP contribution in [-0.2, 0) is 4.79 Å². The lowest BCUT2D eigenvalue weighted by Gasteiger charge is -2.16. The quantitative estimate of drug-likeness (QED) is 0.822. The monoisotopic (exact) mass is 244 g/mol. The average molecular weight is 244 g/mol. The summed E-state index contributed by atoms with van der Waals surface area (Å²) in [5.41, 5.74) is 0.786. The third kappa shape index (κ3) is 2.94. The third-order valence-corrected chi connectivity index (χ3v) is 2.54. The highest BCUT2D eigenvalue weighted by atomic mass is 19.1. The molecule has 0 fully saturated rings. The number of carbonyl (C=O) groups is 1. The molecule has 0 aliphatic rings. The lowest BCUT2D eigenvalue weighted by Crippen LogP contribution is -2.15. The number of hydrogen-bond donors (Lipinski definition) is 0. The zero-order valence-electron chi connectivity index (χ0n) is 9.97. The molecule has 2 rings (SSSR count). The van der Waals surface area contributed by atoms with Gasteiger partial charge in [-0.15, -0.1) is 0 Å². The molecule has 1 unspecified atom stereocenters. The minimum atomic E-state index is -0.656. The fraction of sp³-hybridized carbons (Fsp3) is 0.133. The normalized spacial score (nSPS) is 11.9. The van der Waals surface area contributed by atoms with E-state index >= 15 is 0 Å². The minimum absolute atomic E-state index is 0.0921. The second kappa shape index (κ2) is 5.45. The van der Waals surface area contributed by atoms with Gasteiger partial charge in [0.05, 0.1) is 0 Å². The summed E-state index contributed by atoms with van der Waals surface area (Å²) in [5, 5.41) is 0. The van der Waals surface area contributed by atoms with E-state index in [9.17, 15) is 9.18 Å². The van der Waals surface area contributed by atoms with E-state index in [0.717, 1.165) is 5.56 Å². The van der Waals surface area contributed by atoms with Crippen LogP contribution in [0.5, 0.6) is 5.75 Å². The molecule has 2 aromatic carbocycles. The van der Waals surface area contributed by atoms with E-state index in [0.29, 0.717) is 5.75 Å². The maximum Gasteiger partial charge on any atom is 0.181 e. The zero-order chi connectivity index (χ0) is 13.0. The largest absolute Gasteiger partial charge is 0.478 e. The van der Waals surface area contributed by atoms with Gasteiger partial charge >= 0.3 is 0 Å². The summed E-state index contributed by atoms with van der Waals surface area (Å²) in [4.78, 5) is 11.6. The Morgan fingerprint density at radius 1 is 1.06 bits per heavy atom. The van der Waals surface area contributed by atoms with E-state index in [1.807, 2.05) is 30.3 Å². The van der Waals surface area contributed by atoms with Crippen molar-refractivity contribution in [1.82, 2.24) is 0 Å². The van der Waals surface area contributed by atoms with E-state index in [2.05, 4.69) is 0 Å². The molecule has 0 bridgehead atoms. The van der Waals surface area contributed by atoms with Crippen LogP contribution in [0.15, 0.2) is 54.6 Å². The van der Waals surface area contributed by atoms with Crippen molar-refractivity contribution in [2.45, 2.75) is 13.0 Å². The SMILES string of the molecule is CC(=O)C(Oc1ccc(F)cc1)c1ccccc1. The second-order valence-corrected chi connectivity index (χ2v) is 3.97. The van der Waals surface area contributed by atoms with E-state index in [1.165, 1.54) is 31.2 Å². The first-order chi connectivity index (χ1) is 8.66. The number of benzene rings is 2. The molecule has 18 heavy (non-hydrogen) atoms. The summed E-state index contributed by atoms with van der Waals surface area (Å²) in [6.07, 6.45) is -0.656. The average Bonchev–Trinajstić information content (AvgIpc) is 2.38. The molecule has 0 saturated carbocycles. The second-order valence-electron chi connectivity index (χ2n) is 3.97. The number of halogens is 1. The molecule has 92 valence electrons. The van der Waals surface area contributed by atoms with Crippen molar-refractivity contribution in [3.8, 4) is 5.75 Å². The Morgan fingerprint density at radius 3 is 2.22 bits per heavy atom. The molecule has 0 saturated heterocycles. The van der Waals surface area contributed by atoms with Crippen LogP contribution in [0.2, 0.25) is 0 Å². The standard InChI is InChI=1S/C15H13FO2/c1-11(17)15(12-5-3-2-4-6-12)18-14-9-7-13(16)8-10-14/h2-10,15H,1H3. The molecule has 0 aliphatic carbocycles. The highest BCUT2D eigenvalue weighted by Crippen LogP contribution is 2.22. The molecule has 0 heterocycles. The Morgan fingerprint density at radius 2 is 1.67 bits per heavy atom. The lowest BCUT2D eigenvalue weighted by molar-refractivity contribution is -0.123. The number of Topliss-reactive ketones (excluding diaryl/α,β-unsaturated/α-hetero) is 1. The zero-order valence-corrected chi connectivity index (χ0v) is 9.97. The van der Waals surface area contributed by atoms with Crippen molar-refractivity contribution in [1.29, 1.82) is 0 Å². The van der Waals surface area contributed by atoms with Gasteiger partial charge < -0.3 is 4.74 Å². The van der Waals surface area contributed by atoms with Gasteiger partial charge in [-0.2, -0.15) is 0 Å². The number of hydrogen-bond acceptors (Lipinski definition) is 2. The van der Waals surface area contributed by atoms with Crippen LogP contribution >= 0.6 is 0 Å². The Kier molecular flexibility index (Phi) is 3.72. The Hall–Kier alpha value is -2.16. The summed E-state index contributed by atoms with van der Waals surface area (Å²) in [6.45, 7) is 1.47. The van der Waals surface area contributed by atoms with Gasteiger partial charge in [0.25, 0.3) is 0 Å². The molecular formula is C15H13FO2. The van der Waals surface area contributed by atoms with Gasteiger partial charge in [-0.05, 0) is 36.8 Å². The highest BCUT2D eigenvalue weighted by molar-refractivity contribution is 5.82. The molecule has 0 amide bonds. The van der Waals surface area contributed by atoms with E-state index in [-0.39, 0.29) is 11.6 Å². The van der Waals surface area contributed by atoms with Gasteiger partial charge in [-0.25, -0.2) is 4.39 Å². The van der Waals surface area contributed by atoms with Gasteiger partial charge in [-0.3, -0.25) is 4.79 Å². The van der Waals surface area contributed by atoms with Crippen LogP contribution < -0.4 is 4.74 Å². The van der Waals surface area contributed by atoms with Crippen molar-refractivity contribution in [3.63, 3.8) is 0 Å². The summed E-state index contributed by atoms with van der Waals surface area (Å²) in [6, 6.07) is 14.8. The highest BCUT2D eigenvalue weighted by Gasteiger charge is 2.18. The minimum Gasteiger partial charge on any atom is -0.478 e. The maximum absolute atomic E-state index is 12.8. The van der Waals surface area contributed by atoms with Gasteiger partial charge in [0.1, 0.15) is 11.6 Å². The number of rotatable bonds is 4. The molecule has 2 nitrogen and oxygen atoms in total. The van der Waals surface area contributed by atoms with Gasteiger partial charge in [0.2, 0.25) is 0 Å². The smallest absolute Gasteiger partial charge is 0.181 e. The first-order valence-corrected chi connectivity index (χ1v) is 5.64. The fourth-order valence-corrected chi connectivity index (χ4v) is 1.66. The molecule has 0 aromatic heterocycles. The summed E-state index contributed by atoms with van der Waals surface area (Å²) in [7, 11) is 0. The van der Waals surface area contributed by atoms with Crippen molar-refractivity contribution in [3.05, 3.63) is 66.0 Å². The lowest BCUT2D eigenvalue weighted by atomic mass is 10.1. The van der Waals surface area contributed by atoms with Gasteiger partial charge in [0, 0.05) is 0 Å². The molecular weight excluding hydrogens is 231 g/mol. The molecule has 2 aromatic rings. The van der Waals surface area contributed by atoms with Gasteiger partial charge in [-0.1, -0.05) is 30.3 Å². The summed E-state index contributed by atoms with van der Waals surface area (Å²) < 4.78 is 18.4. The van der Waals surface area contributed by atoms with Crippen molar-refractivity contribution >= 4 is 5.78 Å². The molecule has 1 atom stereocenters. The van der Waals surface area contributed by atoms with Crippen LogP contribution in [0, 0.1) is 5.82 Å².